The second kappa shape index (κ2) is 5.01. The van der Waals surface area contributed by atoms with E-state index in [9.17, 15) is 9.18 Å². The molecule has 17 heavy (non-hydrogen) atoms. The van der Waals surface area contributed by atoms with Crippen LogP contribution in [0.4, 0.5) is 4.39 Å². The zero-order valence-electron chi connectivity index (χ0n) is 8.76. The normalized spacial score (nSPS) is 10.2. The molecule has 0 saturated carbocycles. The van der Waals surface area contributed by atoms with Crippen molar-refractivity contribution >= 4 is 17.7 Å². The van der Waals surface area contributed by atoms with E-state index >= 15 is 0 Å². The molecule has 0 aromatic heterocycles. The van der Waals surface area contributed by atoms with Gasteiger partial charge in [-0.25, -0.2) is 9.18 Å². The maximum Gasteiger partial charge on any atom is 0.336 e. The Labute approximate surface area is 102 Å². The zero-order chi connectivity index (χ0) is 12.3. The number of benzene rings is 2. The first-order valence-corrected chi connectivity index (χ1v) is 5.75. The monoisotopic (exact) mass is 248 g/mol. The Morgan fingerprint density at radius 2 is 1.76 bits per heavy atom. The van der Waals surface area contributed by atoms with E-state index in [-0.39, 0.29) is 10.5 Å². The van der Waals surface area contributed by atoms with E-state index in [0.717, 1.165) is 16.7 Å². The predicted molar refractivity (Wildman–Crippen MR) is 63.9 cm³/mol. The van der Waals surface area contributed by atoms with Crippen molar-refractivity contribution in [3.05, 3.63) is 59.9 Å². The molecule has 2 aromatic carbocycles. The van der Waals surface area contributed by atoms with Crippen LogP contribution in [0.2, 0.25) is 0 Å². The average molecular weight is 248 g/mol. The van der Waals surface area contributed by atoms with Crippen LogP contribution in [0.25, 0.3) is 0 Å². The molecule has 1 N–H and O–H groups in total. The van der Waals surface area contributed by atoms with Crippen LogP contribution in [-0.4, -0.2) is 11.1 Å². The summed E-state index contributed by atoms with van der Waals surface area (Å²) in [6, 6.07) is 13.2. The fraction of sp³-hybridized carbons (Fsp3) is 0. The van der Waals surface area contributed by atoms with Crippen molar-refractivity contribution < 1.29 is 14.3 Å². The van der Waals surface area contributed by atoms with Gasteiger partial charge >= 0.3 is 5.97 Å². The predicted octanol–water partition coefficient (Wildman–Crippen LogP) is 3.68. The molecule has 86 valence electrons. The number of carboxylic acids is 1. The summed E-state index contributed by atoms with van der Waals surface area (Å²) in [6.45, 7) is 0. The molecule has 0 aliphatic rings. The summed E-state index contributed by atoms with van der Waals surface area (Å²) in [6.07, 6.45) is 0. The number of rotatable bonds is 3. The molecule has 0 aliphatic heterocycles. The Morgan fingerprint density at radius 1 is 1.06 bits per heavy atom. The van der Waals surface area contributed by atoms with Gasteiger partial charge in [0.25, 0.3) is 0 Å². The van der Waals surface area contributed by atoms with E-state index in [1.54, 1.807) is 0 Å². The van der Waals surface area contributed by atoms with Gasteiger partial charge in [-0.3, -0.25) is 0 Å². The highest BCUT2D eigenvalue weighted by molar-refractivity contribution is 7.99. The fourth-order valence-electron chi connectivity index (χ4n) is 1.39. The number of halogens is 1. The molecule has 0 fully saturated rings. The molecule has 0 heterocycles. The molecule has 0 spiro atoms. The summed E-state index contributed by atoms with van der Waals surface area (Å²) in [5.74, 6) is -1.64. The lowest BCUT2D eigenvalue weighted by Gasteiger charge is -2.06. The summed E-state index contributed by atoms with van der Waals surface area (Å²) < 4.78 is 13.6. The molecule has 0 atom stereocenters. The van der Waals surface area contributed by atoms with Crippen LogP contribution in [0.3, 0.4) is 0 Å². The van der Waals surface area contributed by atoms with Crippen molar-refractivity contribution in [2.75, 3.05) is 0 Å². The standard InChI is InChI=1S/C13H9FO2S/c14-11-8-4-7-10(13(15)16)12(11)17-9-5-2-1-3-6-9/h1-8H,(H,15,16). The lowest BCUT2D eigenvalue weighted by atomic mass is 10.2. The first-order valence-electron chi connectivity index (χ1n) is 4.93. The van der Waals surface area contributed by atoms with Crippen molar-refractivity contribution in [3.63, 3.8) is 0 Å². The van der Waals surface area contributed by atoms with Crippen molar-refractivity contribution in [1.29, 1.82) is 0 Å². The lowest BCUT2D eigenvalue weighted by Crippen LogP contribution is -2.00. The maximum atomic E-state index is 13.6. The summed E-state index contributed by atoms with van der Waals surface area (Å²) in [7, 11) is 0. The molecule has 0 aliphatic carbocycles. The van der Waals surface area contributed by atoms with Crippen LogP contribution in [0.15, 0.2) is 58.3 Å². The third-order valence-electron chi connectivity index (χ3n) is 2.16. The van der Waals surface area contributed by atoms with Crippen molar-refractivity contribution in [2.24, 2.45) is 0 Å². The molecule has 0 amide bonds. The first-order chi connectivity index (χ1) is 8.18. The summed E-state index contributed by atoms with van der Waals surface area (Å²) in [5.41, 5.74) is -0.0150. The average Bonchev–Trinajstić information content (AvgIpc) is 2.33. The minimum atomic E-state index is -1.12. The maximum absolute atomic E-state index is 13.6. The van der Waals surface area contributed by atoms with E-state index in [4.69, 9.17) is 5.11 Å². The minimum Gasteiger partial charge on any atom is -0.478 e. The molecule has 4 heteroatoms. The van der Waals surface area contributed by atoms with Crippen LogP contribution in [-0.2, 0) is 0 Å². The molecule has 2 rings (SSSR count). The van der Waals surface area contributed by atoms with Crippen molar-refractivity contribution in [2.45, 2.75) is 9.79 Å². The number of carboxylic acid groups (broad SMARTS) is 1. The Morgan fingerprint density at radius 3 is 2.41 bits per heavy atom. The minimum absolute atomic E-state index is 0.0150. The van der Waals surface area contributed by atoms with Gasteiger partial charge in [-0.15, -0.1) is 0 Å². The summed E-state index contributed by atoms with van der Waals surface area (Å²) >= 11 is 1.11. The molecule has 2 aromatic rings. The summed E-state index contributed by atoms with van der Waals surface area (Å²) in [5, 5.41) is 8.99. The highest BCUT2D eigenvalue weighted by Crippen LogP contribution is 2.32. The quantitative estimate of drug-likeness (QED) is 0.900. The molecular formula is C13H9FO2S. The lowest BCUT2D eigenvalue weighted by molar-refractivity contribution is 0.0692. The fourth-order valence-corrected chi connectivity index (χ4v) is 2.35. The van der Waals surface area contributed by atoms with E-state index in [2.05, 4.69) is 0 Å². The largest absolute Gasteiger partial charge is 0.478 e. The van der Waals surface area contributed by atoms with Gasteiger partial charge in [0.15, 0.2) is 0 Å². The third kappa shape index (κ3) is 2.65. The van der Waals surface area contributed by atoms with Gasteiger partial charge in [-0.1, -0.05) is 36.0 Å². The number of hydrogen-bond donors (Lipinski definition) is 1. The van der Waals surface area contributed by atoms with Gasteiger partial charge in [0, 0.05) is 4.90 Å². The van der Waals surface area contributed by atoms with Gasteiger partial charge in [0.05, 0.1) is 10.5 Å². The highest BCUT2D eigenvalue weighted by Gasteiger charge is 2.15. The second-order valence-electron chi connectivity index (χ2n) is 3.34. The van der Waals surface area contributed by atoms with Gasteiger partial charge in [0.2, 0.25) is 0 Å². The van der Waals surface area contributed by atoms with Gasteiger partial charge < -0.3 is 5.11 Å². The topological polar surface area (TPSA) is 37.3 Å². The van der Waals surface area contributed by atoms with Gasteiger partial charge in [0.1, 0.15) is 5.82 Å². The van der Waals surface area contributed by atoms with E-state index in [1.807, 2.05) is 30.3 Å². The molecule has 0 unspecified atom stereocenters. The SMILES string of the molecule is O=C(O)c1cccc(F)c1Sc1ccccc1. The van der Waals surface area contributed by atoms with Crippen LogP contribution in [0.1, 0.15) is 10.4 Å². The number of carbonyl (C=O) groups is 1. The van der Waals surface area contributed by atoms with Crippen LogP contribution >= 0.6 is 11.8 Å². The molecule has 2 nitrogen and oxygen atoms in total. The smallest absolute Gasteiger partial charge is 0.336 e. The highest BCUT2D eigenvalue weighted by atomic mass is 32.2. The Balaban J connectivity index is 2.41. The molecule has 0 radical (unpaired) electrons. The molecular weight excluding hydrogens is 239 g/mol. The third-order valence-corrected chi connectivity index (χ3v) is 3.29. The molecule has 0 saturated heterocycles. The van der Waals surface area contributed by atoms with Crippen molar-refractivity contribution in [1.82, 2.24) is 0 Å². The van der Waals surface area contributed by atoms with E-state index in [0.29, 0.717) is 0 Å². The van der Waals surface area contributed by atoms with Crippen LogP contribution in [0, 0.1) is 5.82 Å². The number of aromatic carboxylic acids is 1. The zero-order valence-corrected chi connectivity index (χ0v) is 9.58. The Kier molecular flexibility index (Phi) is 3.44. The van der Waals surface area contributed by atoms with E-state index in [1.165, 1.54) is 18.2 Å². The van der Waals surface area contributed by atoms with Gasteiger partial charge in [-0.2, -0.15) is 0 Å². The van der Waals surface area contributed by atoms with Crippen LogP contribution < -0.4 is 0 Å². The number of hydrogen-bond acceptors (Lipinski definition) is 2. The molecule has 0 bridgehead atoms. The first kappa shape index (κ1) is 11.7. The van der Waals surface area contributed by atoms with Crippen molar-refractivity contribution in [3.8, 4) is 0 Å². The van der Waals surface area contributed by atoms with Gasteiger partial charge in [-0.05, 0) is 24.3 Å². The summed E-state index contributed by atoms with van der Waals surface area (Å²) in [4.78, 5) is 11.9. The Hall–Kier alpha value is -1.81. The second-order valence-corrected chi connectivity index (χ2v) is 4.42. The van der Waals surface area contributed by atoms with Crippen LogP contribution in [0.5, 0.6) is 0 Å². The Bertz CT molecular complexity index is 540. The van der Waals surface area contributed by atoms with E-state index < -0.39 is 11.8 Å².